The lowest BCUT2D eigenvalue weighted by molar-refractivity contribution is -0.172. The summed E-state index contributed by atoms with van der Waals surface area (Å²) in [6.07, 6.45) is -4.52. The molecule has 0 bridgehead atoms. The van der Waals surface area contributed by atoms with Crippen molar-refractivity contribution in [2.24, 2.45) is 11.8 Å². The van der Waals surface area contributed by atoms with Gasteiger partial charge in [-0.05, 0) is 0 Å². The van der Waals surface area contributed by atoms with Crippen LogP contribution in [0.5, 0.6) is 0 Å². The third kappa shape index (κ3) is 1.28. The van der Waals surface area contributed by atoms with E-state index < -0.39 is 24.4 Å². The molecule has 1 saturated carbocycles. The van der Waals surface area contributed by atoms with Crippen molar-refractivity contribution in [1.29, 1.82) is 0 Å². The highest BCUT2D eigenvalue weighted by molar-refractivity contribution is 4.99. The first-order valence-corrected chi connectivity index (χ1v) is 4.43. The summed E-state index contributed by atoms with van der Waals surface area (Å²) < 4.78 is 5.09. The average molecular weight is 190 g/mol. The monoisotopic (exact) mass is 190 g/mol. The van der Waals surface area contributed by atoms with E-state index in [-0.39, 0.29) is 11.8 Å². The van der Waals surface area contributed by atoms with Gasteiger partial charge in [0.05, 0.1) is 25.4 Å². The molecule has 2 aliphatic rings. The summed E-state index contributed by atoms with van der Waals surface area (Å²) in [5, 5.41) is 37.8. The Balaban J connectivity index is 2.19. The van der Waals surface area contributed by atoms with E-state index in [1.54, 1.807) is 0 Å². The van der Waals surface area contributed by atoms with Gasteiger partial charge in [-0.15, -0.1) is 0 Å². The lowest BCUT2D eigenvalue weighted by atomic mass is 9.74. The van der Waals surface area contributed by atoms with E-state index in [1.165, 1.54) is 0 Å². The largest absolute Gasteiger partial charge is 0.390 e. The van der Waals surface area contributed by atoms with E-state index in [0.29, 0.717) is 13.2 Å². The topological polar surface area (TPSA) is 90.2 Å². The van der Waals surface area contributed by atoms with Crippen molar-refractivity contribution in [2.75, 3.05) is 13.2 Å². The number of hydrogen-bond acceptors (Lipinski definition) is 5. The molecule has 13 heavy (non-hydrogen) atoms. The van der Waals surface area contributed by atoms with Crippen LogP contribution in [0.3, 0.4) is 0 Å². The minimum atomic E-state index is -1.27. The number of hydrogen-bond donors (Lipinski definition) is 4. The Morgan fingerprint density at radius 2 is 1.08 bits per heavy atom. The lowest BCUT2D eigenvalue weighted by Gasteiger charge is -2.40. The molecule has 0 aromatic carbocycles. The van der Waals surface area contributed by atoms with Gasteiger partial charge in [-0.2, -0.15) is 0 Å². The molecular formula is C8H14O5. The molecule has 1 heterocycles. The summed E-state index contributed by atoms with van der Waals surface area (Å²) in [5.41, 5.74) is 0. The van der Waals surface area contributed by atoms with Crippen molar-refractivity contribution in [2.45, 2.75) is 24.4 Å². The zero-order valence-corrected chi connectivity index (χ0v) is 7.08. The molecule has 2 fully saturated rings. The Morgan fingerprint density at radius 1 is 0.692 bits per heavy atom. The number of aliphatic hydroxyl groups is 4. The standard InChI is InChI=1S/C8H14O5/c9-5-3-1-13-2-4(3)6(10)8(12)7(5)11/h3-12H,1-2H2. The number of aliphatic hydroxyl groups excluding tert-OH is 4. The fourth-order valence-electron chi connectivity index (χ4n) is 2.20. The molecule has 0 spiro atoms. The summed E-state index contributed by atoms with van der Waals surface area (Å²) in [5.74, 6) is -0.512. The molecule has 1 aliphatic carbocycles. The van der Waals surface area contributed by atoms with Crippen molar-refractivity contribution in [3.8, 4) is 0 Å². The van der Waals surface area contributed by atoms with Crippen LogP contribution in [0.15, 0.2) is 0 Å². The molecule has 2 rings (SSSR count). The molecule has 6 unspecified atom stereocenters. The second-order valence-corrected chi connectivity index (χ2v) is 3.83. The average Bonchev–Trinajstić information content (AvgIpc) is 2.59. The molecule has 0 radical (unpaired) electrons. The van der Waals surface area contributed by atoms with Crippen LogP contribution in [0.25, 0.3) is 0 Å². The maximum atomic E-state index is 9.53. The van der Waals surface area contributed by atoms with Crippen molar-refractivity contribution in [1.82, 2.24) is 0 Å². The highest BCUT2D eigenvalue weighted by atomic mass is 16.5. The smallest absolute Gasteiger partial charge is 0.109 e. The van der Waals surface area contributed by atoms with Gasteiger partial charge >= 0.3 is 0 Å². The van der Waals surface area contributed by atoms with Crippen LogP contribution in [-0.4, -0.2) is 58.1 Å². The molecular weight excluding hydrogens is 176 g/mol. The van der Waals surface area contributed by atoms with Crippen LogP contribution in [0, 0.1) is 11.8 Å². The first kappa shape index (κ1) is 9.36. The summed E-state index contributed by atoms with van der Waals surface area (Å²) in [7, 11) is 0. The summed E-state index contributed by atoms with van der Waals surface area (Å²) >= 11 is 0. The van der Waals surface area contributed by atoms with Crippen molar-refractivity contribution in [3.63, 3.8) is 0 Å². The summed E-state index contributed by atoms with van der Waals surface area (Å²) in [6.45, 7) is 0.680. The fraction of sp³-hybridized carbons (Fsp3) is 1.00. The van der Waals surface area contributed by atoms with Gasteiger partial charge in [-0.25, -0.2) is 0 Å². The van der Waals surface area contributed by atoms with E-state index in [0.717, 1.165) is 0 Å². The van der Waals surface area contributed by atoms with Crippen LogP contribution in [0.2, 0.25) is 0 Å². The summed E-state index contributed by atoms with van der Waals surface area (Å²) in [6, 6.07) is 0. The lowest BCUT2D eigenvalue weighted by Crippen LogP contribution is -2.58. The Labute approximate surface area is 75.6 Å². The van der Waals surface area contributed by atoms with Gasteiger partial charge in [0.15, 0.2) is 0 Å². The predicted molar refractivity (Wildman–Crippen MR) is 41.8 cm³/mol. The van der Waals surface area contributed by atoms with Gasteiger partial charge in [0.25, 0.3) is 0 Å². The zero-order valence-electron chi connectivity index (χ0n) is 7.08. The Bertz CT molecular complexity index is 177. The summed E-state index contributed by atoms with van der Waals surface area (Å²) in [4.78, 5) is 0. The molecule has 0 aromatic rings. The molecule has 5 nitrogen and oxygen atoms in total. The number of fused-ring (bicyclic) bond motifs is 1. The first-order valence-electron chi connectivity index (χ1n) is 4.43. The van der Waals surface area contributed by atoms with E-state index in [4.69, 9.17) is 4.74 Å². The van der Waals surface area contributed by atoms with E-state index >= 15 is 0 Å². The van der Waals surface area contributed by atoms with E-state index in [9.17, 15) is 20.4 Å². The van der Waals surface area contributed by atoms with Gasteiger partial charge in [-0.1, -0.05) is 0 Å². The van der Waals surface area contributed by atoms with Gasteiger partial charge in [0.2, 0.25) is 0 Å². The van der Waals surface area contributed by atoms with Crippen molar-refractivity contribution < 1.29 is 25.2 Å². The Hall–Kier alpha value is -0.200. The number of rotatable bonds is 0. The minimum Gasteiger partial charge on any atom is -0.390 e. The van der Waals surface area contributed by atoms with Gasteiger partial charge in [-0.3, -0.25) is 0 Å². The predicted octanol–water partition coefficient (Wildman–Crippen LogP) is -2.29. The SMILES string of the molecule is OC1C(O)C(O)C2COCC2C1O. The molecule has 1 saturated heterocycles. The van der Waals surface area contributed by atoms with Gasteiger partial charge in [0, 0.05) is 11.8 Å². The molecule has 0 amide bonds. The quantitative estimate of drug-likeness (QED) is 0.345. The van der Waals surface area contributed by atoms with Crippen LogP contribution in [0.1, 0.15) is 0 Å². The zero-order chi connectivity index (χ0) is 9.59. The third-order valence-electron chi connectivity index (χ3n) is 3.10. The number of ether oxygens (including phenoxy) is 1. The molecule has 0 aromatic heterocycles. The van der Waals surface area contributed by atoms with Gasteiger partial charge < -0.3 is 25.2 Å². The van der Waals surface area contributed by atoms with E-state index in [2.05, 4.69) is 0 Å². The maximum absolute atomic E-state index is 9.53. The highest BCUT2D eigenvalue weighted by Crippen LogP contribution is 2.35. The normalized spacial score (nSPS) is 56.3. The van der Waals surface area contributed by atoms with Crippen LogP contribution >= 0.6 is 0 Å². The van der Waals surface area contributed by atoms with E-state index in [1.807, 2.05) is 0 Å². The molecule has 6 atom stereocenters. The second-order valence-electron chi connectivity index (χ2n) is 3.83. The third-order valence-corrected chi connectivity index (χ3v) is 3.10. The molecule has 5 heteroatoms. The first-order chi connectivity index (χ1) is 6.13. The van der Waals surface area contributed by atoms with Crippen LogP contribution < -0.4 is 0 Å². The maximum Gasteiger partial charge on any atom is 0.109 e. The molecule has 4 N–H and O–H groups in total. The van der Waals surface area contributed by atoms with Crippen molar-refractivity contribution in [3.05, 3.63) is 0 Å². The fourth-order valence-corrected chi connectivity index (χ4v) is 2.20. The Morgan fingerprint density at radius 3 is 1.46 bits per heavy atom. The second kappa shape index (κ2) is 3.18. The molecule has 1 aliphatic heterocycles. The van der Waals surface area contributed by atoms with Crippen LogP contribution in [-0.2, 0) is 4.74 Å². The minimum absolute atomic E-state index is 0.256. The Kier molecular flexibility index (Phi) is 2.29. The molecule has 76 valence electrons. The van der Waals surface area contributed by atoms with Gasteiger partial charge in [0.1, 0.15) is 12.2 Å². The van der Waals surface area contributed by atoms with Crippen molar-refractivity contribution >= 4 is 0 Å². The highest BCUT2D eigenvalue weighted by Gasteiger charge is 2.50. The van der Waals surface area contributed by atoms with Crippen LogP contribution in [0.4, 0.5) is 0 Å².